The maximum atomic E-state index is 12.1. The molecule has 0 spiro atoms. The Morgan fingerprint density at radius 1 is 1.28 bits per heavy atom. The van der Waals surface area contributed by atoms with Crippen molar-refractivity contribution in [2.75, 3.05) is 52.5 Å². The molecular weight excluding hydrogens is 277 g/mol. The molecule has 0 saturated carbocycles. The Balaban J connectivity index is 0.00000144. The largest absolute Gasteiger partial charge is 0.378 e. The van der Waals surface area contributed by atoms with Gasteiger partial charge >= 0.3 is 0 Å². The fraction of sp³-hybridized carbons (Fsp3) is 0.909. The second-order valence-corrected chi connectivity index (χ2v) is 4.34. The summed E-state index contributed by atoms with van der Waals surface area (Å²) in [5, 5.41) is 3.21. The van der Waals surface area contributed by atoms with Crippen LogP contribution in [0.1, 0.15) is 6.92 Å². The standard InChI is InChI=1S/C11H21N3O2.2ClH/c1-2-13-4-6-14(7-5-13)11(15)10-9-16-8-3-12-10;;/h10,12H,2-9H2,1H3;2*1H. The second-order valence-electron chi connectivity index (χ2n) is 4.34. The number of hydrogen-bond donors (Lipinski definition) is 1. The number of carbonyl (C=O) groups is 1. The van der Waals surface area contributed by atoms with Crippen LogP contribution in [0, 0.1) is 0 Å². The first-order valence-electron chi connectivity index (χ1n) is 6.13. The zero-order valence-corrected chi connectivity index (χ0v) is 12.4. The van der Waals surface area contributed by atoms with Crippen molar-refractivity contribution in [1.29, 1.82) is 0 Å². The van der Waals surface area contributed by atoms with Crippen molar-refractivity contribution in [3.8, 4) is 0 Å². The first-order chi connectivity index (χ1) is 7.81. The van der Waals surface area contributed by atoms with Crippen LogP contribution in [0.4, 0.5) is 0 Å². The molecule has 2 rings (SSSR count). The van der Waals surface area contributed by atoms with Crippen LogP contribution < -0.4 is 5.32 Å². The van der Waals surface area contributed by atoms with Gasteiger partial charge in [0.15, 0.2) is 0 Å². The summed E-state index contributed by atoms with van der Waals surface area (Å²) < 4.78 is 5.32. The Labute approximate surface area is 121 Å². The second kappa shape index (κ2) is 8.93. The molecule has 1 amide bonds. The minimum absolute atomic E-state index is 0. The third-order valence-corrected chi connectivity index (χ3v) is 3.35. The molecule has 108 valence electrons. The molecule has 18 heavy (non-hydrogen) atoms. The van der Waals surface area contributed by atoms with Crippen LogP contribution in [-0.4, -0.2) is 74.2 Å². The van der Waals surface area contributed by atoms with Crippen molar-refractivity contribution in [3.63, 3.8) is 0 Å². The average Bonchev–Trinajstić information content (AvgIpc) is 2.39. The predicted molar refractivity (Wildman–Crippen MR) is 75.8 cm³/mol. The Kier molecular flexibility index (Phi) is 8.90. The average molecular weight is 300 g/mol. The lowest BCUT2D eigenvalue weighted by molar-refractivity contribution is -0.138. The van der Waals surface area contributed by atoms with Gasteiger partial charge in [-0.15, -0.1) is 24.8 Å². The minimum atomic E-state index is -0.123. The molecular formula is C11H23Cl2N3O2. The van der Waals surface area contributed by atoms with Crippen LogP contribution in [0.15, 0.2) is 0 Å². The van der Waals surface area contributed by atoms with Gasteiger partial charge in [-0.05, 0) is 6.54 Å². The van der Waals surface area contributed by atoms with Gasteiger partial charge in [0.1, 0.15) is 6.04 Å². The van der Waals surface area contributed by atoms with Crippen molar-refractivity contribution in [2.45, 2.75) is 13.0 Å². The molecule has 0 radical (unpaired) electrons. The maximum Gasteiger partial charge on any atom is 0.242 e. The van der Waals surface area contributed by atoms with Gasteiger partial charge in [-0.3, -0.25) is 4.79 Å². The van der Waals surface area contributed by atoms with E-state index in [1.807, 2.05) is 4.90 Å². The van der Waals surface area contributed by atoms with Crippen molar-refractivity contribution in [2.24, 2.45) is 0 Å². The first kappa shape index (κ1) is 17.9. The molecule has 2 aliphatic rings. The highest BCUT2D eigenvalue weighted by atomic mass is 35.5. The van der Waals surface area contributed by atoms with Gasteiger partial charge in [-0.2, -0.15) is 0 Å². The summed E-state index contributed by atoms with van der Waals surface area (Å²) in [6.45, 7) is 8.95. The fourth-order valence-corrected chi connectivity index (χ4v) is 2.23. The van der Waals surface area contributed by atoms with Crippen LogP contribution >= 0.6 is 24.8 Å². The number of nitrogens with zero attached hydrogens (tertiary/aromatic N) is 2. The normalized spacial score (nSPS) is 24.9. The van der Waals surface area contributed by atoms with E-state index in [9.17, 15) is 4.79 Å². The number of likely N-dealkylation sites (N-methyl/N-ethyl adjacent to an activating group) is 1. The molecule has 0 aliphatic carbocycles. The Morgan fingerprint density at radius 3 is 2.44 bits per heavy atom. The lowest BCUT2D eigenvalue weighted by atomic mass is 10.2. The van der Waals surface area contributed by atoms with Gasteiger partial charge < -0.3 is 19.9 Å². The molecule has 1 unspecified atom stereocenters. The monoisotopic (exact) mass is 299 g/mol. The number of piperazine rings is 1. The summed E-state index contributed by atoms with van der Waals surface area (Å²) in [6, 6.07) is -0.123. The maximum absolute atomic E-state index is 12.1. The highest BCUT2D eigenvalue weighted by Crippen LogP contribution is 2.05. The summed E-state index contributed by atoms with van der Waals surface area (Å²) >= 11 is 0. The van der Waals surface area contributed by atoms with Gasteiger partial charge in [0.25, 0.3) is 0 Å². The zero-order chi connectivity index (χ0) is 11.4. The van der Waals surface area contributed by atoms with Crippen LogP contribution in [0.3, 0.4) is 0 Å². The number of amides is 1. The minimum Gasteiger partial charge on any atom is -0.378 e. The predicted octanol–water partition coefficient (Wildman–Crippen LogP) is -0.0175. The van der Waals surface area contributed by atoms with Crippen molar-refractivity contribution < 1.29 is 9.53 Å². The van der Waals surface area contributed by atoms with E-state index in [2.05, 4.69) is 17.1 Å². The number of morpholine rings is 1. The number of rotatable bonds is 2. The Hall–Kier alpha value is -0.0700. The summed E-state index contributed by atoms with van der Waals surface area (Å²) in [5.41, 5.74) is 0. The van der Waals surface area contributed by atoms with Gasteiger partial charge in [0, 0.05) is 32.7 Å². The number of halogens is 2. The van der Waals surface area contributed by atoms with E-state index in [0.717, 1.165) is 39.3 Å². The molecule has 0 bridgehead atoms. The molecule has 0 aromatic carbocycles. The van der Waals surface area contributed by atoms with Gasteiger partial charge in [-0.1, -0.05) is 6.92 Å². The summed E-state index contributed by atoms with van der Waals surface area (Å²) in [4.78, 5) is 16.4. The Morgan fingerprint density at radius 2 is 1.94 bits per heavy atom. The van der Waals surface area contributed by atoms with E-state index in [1.165, 1.54) is 0 Å². The molecule has 2 aliphatic heterocycles. The number of hydrogen-bond acceptors (Lipinski definition) is 4. The molecule has 2 saturated heterocycles. The third kappa shape index (κ3) is 4.55. The Bertz CT molecular complexity index is 242. The SMILES string of the molecule is CCN1CCN(C(=O)C2COCCN2)CC1.Cl.Cl. The van der Waals surface area contributed by atoms with Crippen LogP contribution in [0.25, 0.3) is 0 Å². The first-order valence-corrected chi connectivity index (χ1v) is 6.13. The number of carbonyl (C=O) groups excluding carboxylic acids is 1. The summed E-state index contributed by atoms with van der Waals surface area (Å²) in [6.07, 6.45) is 0. The lowest BCUT2D eigenvalue weighted by Gasteiger charge is -2.36. The van der Waals surface area contributed by atoms with E-state index >= 15 is 0 Å². The summed E-state index contributed by atoms with van der Waals surface area (Å²) in [5.74, 6) is 0.204. The quantitative estimate of drug-likeness (QED) is 0.779. The summed E-state index contributed by atoms with van der Waals surface area (Å²) in [7, 11) is 0. The topological polar surface area (TPSA) is 44.8 Å². The van der Waals surface area contributed by atoms with E-state index in [0.29, 0.717) is 13.2 Å². The van der Waals surface area contributed by atoms with Crippen LogP contribution in [0.5, 0.6) is 0 Å². The zero-order valence-electron chi connectivity index (χ0n) is 10.8. The lowest BCUT2D eigenvalue weighted by Crippen LogP contribution is -2.57. The fourth-order valence-electron chi connectivity index (χ4n) is 2.23. The van der Waals surface area contributed by atoms with E-state index in [4.69, 9.17) is 4.74 Å². The number of nitrogens with one attached hydrogen (secondary N) is 1. The molecule has 1 N–H and O–H groups in total. The van der Waals surface area contributed by atoms with Crippen LogP contribution in [0.2, 0.25) is 0 Å². The van der Waals surface area contributed by atoms with Crippen molar-refractivity contribution in [1.82, 2.24) is 15.1 Å². The van der Waals surface area contributed by atoms with E-state index < -0.39 is 0 Å². The molecule has 0 aromatic rings. The molecule has 0 aromatic heterocycles. The van der Waals surface area contributed by atoms with Crippen LogP contribution in [-0.2, 0) is 9.53 Å². The van der Waals surface area contributed by atoms with Gasteiger partial charge in [0.2, 0.25) is 5.91 Å². The van der Waals surface area contributed by atoms with Crippen molar-refractivity contribution >= 4 is 30.7 Å². The number of ether oxygens (including phenoxy) is 1. The van der Waals surface area contributed by atoms with Gasteiger partial charge in [-0.25, -0.2) is 0 Å². The molecule has 7 heteroatoms. The smallest absolute Gasteiger partial charge is 0.242 e. The van der Waals surface area contributed by atoms with E-state index in [1.54, 1.807) is 0 Å². The van der Waals surface area contributed by atoms with E-state index in [-0.39, 0.29) is 36.8 Å². The van der Waals surface area contributed by atoms with Crippen molar-refractivity contribution in [3.05, 3.63) is 0 Å². The molecule has 2 heterocycles. The third-order valence-electron chi connectivity index (χ3n) is 3.35. The van der Waals surface area contributed by atoms with Gasteiger partial charge in [0.05, 0.1) is 13.2 Å². The molecule has 2 fully saturated rings. The molecule has 5 nitrogen and oxygen atoms in total. The molecule has 1 atom stereocenters. The highest BCUT2D eigenvalue weighted by molar-refractivity contribution is 5.85. The highest BCUT2D eigenvalue weighted by Gasteiger charge is 2.28.